The van der Waals surface area contributed by atoms with Crippen molar-refractivity contribution in [2.75, 3.05) is 6.61 Å². The Labute approximate surface area is 125 Å². The second-order valence-corrected chi connectivity index (χ2v) is 5.97. The molecule has 1 N–H and O–H groups in total. The highest BCUT2D eigenvalue weighted by Gasteiger charge is 2.23. The number of benzene rings is 1. The fourth-order valence-electron chi connectivity index (χ4n) is 3.00. The van der Waals surface area contributed by atoms with Crippen LogP contribution in [-0.4, -0.2) is 22.4 Å². The molecular weight excluding hydrogens is 262 g/mol. The van der Waals surface area contributed by atoms with E-state index >= 15 is 0 Å². The molecule has 2 aliphatic rings. The Bertz CT molecular complexity index is 618. The van der Waals surface area contributed by atoms with Gasteiger partial charge in [-0.15, -0.1) is 0 Å². The Balaban J connectivity index is 1.50. The van der Waals surface area contributed by atoms with Gasteiger partial charge in [-0.05, 0) is 36.5 Å². The molecule has 2 heterocycles. The SMILES string of the molecule is c1ccc2c(c1)CCOC2Cn1nccc1CNC1CC1. The van der Waals surface area contributed by atoms with Crippen molar-refractivity contribution >= 4 is 0 Å². The first-order valence-corrected chi connectivity index (χ1v) is 7.83. The Hall–Kier alpha value is -1.65. The van der Waals surface area contributed by atoms with Crippen LogP contribution < -0.4 is 5.32 Å². The average Bonchev–Trinajstić information content (AvgIpc) is 3.25. The number of hydrogen-bond acceptors (Lipinski definition) is 3. The molecule has 4 rings (SSSR count). The first kappa shape index (κ1) is 13.0. The number of nitrogens with zero attached hydrogens (tertiary/aromatic N) is 2. The van der Waals surface area contributed by atoms with Crippen LogP contribution in [0.1, 0.15) is 35.8 Å². The van der Waals surface area contributed by atoms with E-state index in [0.29, 0.717) is 0 Å². The summed E-state index contributed by atoms with van der Waals surface area (Å²) in [7, 11) is 0. The van der Waals surface area contributed by atoms with Gasteiger partial charge < -0.3 is 10.1 Å². The van der Waals surface area contributed by atoms with Gasteiger partial charge in [0.1, 0.15) is 6.10 Å². The third-order valence-electron chi connectivity index (χ3n) is 4.38. The van der Waals surface area contributed by atoms with Gasteiger partial charge in [-0.1, -0.05) is 24.3 Å². The molecular formula is C17H21N3O. The molecule has 1 aliphatic carbocycles. The molecule has 0 radical (unpaired) electrons. The van der Waals surface area contributed by atoms with Crippen LogP contribution >= 0.6 is 0 Å². The van der Waals surface area contributed by atoms with Gasteiger partial charge in [0.2, 0.25) is 0 Å². The number of rotatable bonds is 5. The van der Waals surface area contributed by atoms with Crippen LogP contribution in [0.25, 0.3) is 0 Å². The zero-order valence-corrected chi connectivity index (χ0v) is 12.2. The molecule has 1 aromatic carbocycles. The Morgan fingerprint density at radius 1 is 1.24 bits per heavy atom. The monoisotopic (exact) mass is 283 g/mol. The van der Waals surface area contributed by atoms with E-state index in [1.54, 1.807) is 0 Å². The third kappa shape index (κ3) is 2.87. The van der Waals surface area contributed by atoms with Crippen molar-refractivity contribution < 1.29 is 4.74 Å². The van der Waals surface area contributed by atoms with Gasteiger partial charge in [-0.2, -0.15) is 5.10 Å². The first-order chi connectivity index (χ1) is 10.4. The second-order valence-electron chi connectivity index (χ2n) is 5.97. The van der Waals surface area contributed by atoms with Crippen LogP contribution in [0.15, 0.2) is 36.5 Å². The molecule has 1 aromatic heterocycles. The summed E-state index contributed by atoms with van der Waals surface area (Å²) in [5, 5.41) is 8.03. The largest absolute Gasteiger partial charge is 0.371 e. The summed E-state index contributed by atoms with van der Waals surface area (Å²) in [5.41, 5.74) is 3.98. The van der Waals surface area contributed by atoms with Crippen molar-refractivity contribution in [3.8, 4) is 0 Å². The minimum absolute atomic E-state index is 0.120. The lowest BCUT2D eigenvalue weighted by atomic mass is 9.97. The molecule has 1 aliphatic heterocycles. The van der Waals surface area contributed by atoms with E-state index in [9.17, 15) is 0 Å². The fraction of sp³-hybridized carbons (Fsp3) is 0.471. The molecule has 0 bridgehead atoms. The average molecular weight is 283 g/mol. The quantitative estimate of drug-likeness (QED) is 0.916. The summed E-state index contributed by atoms with van der Waals surface area (Å²) in [4.78, 5) is 0. The number of aromatic nitrogens is 2. The van der Waals surface area contributed by atoms with Crippen LogP contribution in [0, 0.1) is 0 Å². The predicted octanol–water partition coefficient (Wildman–Crippen LogP) is 2.45. The van der Waals surface area contributed by atoms with Gasteiger partial charge in [-0.25, -0.2) is 0 Å². The molecule has 110 valence electrons. The molecule has 1 unspecified atom stereocenters. The van der Waals surface area contributed by atoms with Gasteiger partial charge in [0.05, 0.1) is 18.8 Å². The maximum absolute atomic E-state index is 5.99. The molecule has 1 saturated carbocycles. The maximum Gasteiger partial charge on any atom is 0.102 e. The van der Waals surface area contributed by atoms with E-state index in [1.165, 1.54) is 29.7 Å². The van der Waals surface area contributed by atoms with Crippen LogP contribution in [0.4, 0.5) is 0 Å². The first-order valence-electron chi connectivity index (χ1n) is 7.83. The molecule has 0 saturated heterocycles. The van der Waals surface area contributed by atoms with Crippen molar-refractivity contribution in [3.63, 3.8) is 0 Å². The normalized spacial score (nSPS) is 21.2. The Kier molecular flexibility index (Phi) is 3.49. The van der Waals surface area contributed by atoms with Crippen LogP contribution in [-0.2, 0) is 24.2 Å². The standard InChI is InChI=1S/C17H21N3O/c1-2-4-16-13(3-1)8-10-21-17(16)12-20-15(7-9-19-20)11-18-14-5-6-14/h1-4,7,9,14,17-18H,5-6,8,10-12H2. The second kappa shape index (κ2) is 5.62. The highest BCUT2D eigenvalue weighted by Crippen LogP contribution is 2.28. The number of ether oxygens (including phenoxy) is 1. The minimum atomic E-state index is 0.120. The lowest BCUT2D eigenvalue weighted by Gasteiger charge is -2.26. The summed E-state index contributed by atoms with van der Waals surface area (Å²) in [6, 6.07) is 11.4. The number of nitrogens with one attached hydrogen (secondary N) is 1. The summed E-state index contributed by atoms with van der Waals surface area (Å²) in [6.45, 7) is 2.50. The number of fused-ring (bicyclic) bond motifs is 1. The Morgan fingerprint density at radius 2 is 2.14 bits per heavy atom. The molecule has 21 heavy (non-hydrogen) atoms. The minimum Gasteiger partial charge on any atom is -0.371 e. The van der Waals surface area contributed by atoms with Gasteiger partial charge in [-0.3, -0.25) is 4.68 Å². The summed E-state index contributed by atoms with van der Waals surface area (Å²) >= 11 is 0. The topological polar surface area (TPSA) is 39.1 Å². The highest BCUT2D eigenvalue weighted by atomic mass is 16.5. The van der Waals surface area contributed by atoms with Crippen LogP contribution in [0.3, 0.4) is 0 Å². The van der Waals surface area contributed by atoms with Crippen molar-refractivity contribution in [1.29, 1.82) is 0 Å². The molecule has 4 nitrogen and oxygen atoms in total. The van der Waals surface area contributed by atoms with Crippen LogP contribution in [0.2, 0.25) is 0 Å². The predicted molar refractivity (Wildman–Crippen MR) is 80.9 cm³/mol. The van der Waals surface area contributed by atoms with Gasteiger partial charge in [0, 0.05) is 18.8 Å². The smallest absolute Gasteiger partial charge is 0.102 e. The van der Waals surface area contributed by atoms with E-state index in [0.717, 1.165) is 32.2 Å². The Morgan fingerprint density at radius 3 is 3.05 bits per heavy atom. The van der Waals surface area contributed by atoms with Gasteiger partial charge in [0.15, 0.2) is 0 Å². The zero-order chi connectivity index (χ0) is 14.1. The molecule has 2 aromatic rings. The molecule has 0 spiro atoms. The van der Waals surface area contributed by atoms with Crippen molar-refractivity contribution in [1.82, 2.24) is 15.1 Å². The van der Waals surface area contributed by atoms with E-state index < -0.39 is 0 Å². The lowest BCUT2D eigenvalue weighted by molar-refractivity contribution is 0.0276. The third-order valence-corrected chi connectivity index (χ3v) is 4.38. The van der Waals surface area contributed by atoms with Gasteiger partial charge in [0.25, 0.3) is 0 Å². The summed E-state index contributed by atoms with van der Waals surface area (Å²) in [6.07, 6.45) is 5.65. The molecule has 1 atom stereocenters. The van der Waals surface area contributed by atoms with Gasteiger partial charge >= 0.3 is 0 Å². The van der Waals surface area contributed by atoms with E-state index in [4.69, 9.17) is 4.74 Å². The van der Waals surface area contributed by atoms with E-state index in [1.807, 2.05) is 6.20 Å². The van der Waals surface area contributed by atoms with Crippen molar-refractivity contribution in [2.45, 2.75) is 44.5 Å². The molecule has 1 fully saturated rings. The van der Waals surface area contributed by atoms with E-state index in [-0.39, 0.29) is 6.10 Å². The van der Waals surface area contributed by atoms with Crippen molar-refractivity contribution in [3.05, 3.63) is 53.3 Å². The molecule has 4 heteroatoms. The number of hydrogen-bond donors (Lipinski definition) is 1. The van der Waals surface area contributed by atoms with E-state index in [2.05, 4.69) is 45.4 Å². The summed E-state index contributed by atoms with van der Waals surface area (Å²) in [5.74, 6) is 0. The zero-order valence-electron chi connectivity index (χ0n) is 12.2. The van der Waals surface area contributed by atoms with Crippen molar-refractivity contribution in [2.24, 2.45) is 0 Å². The fourth-order valence-corrected chi connectivity index (χ4v) is 3.00. The van der Waals surface area contributed by atoms with Crippen LogP contribution in [0.5, 0.6) is 0 Å². The highest BCUT2D eigenvalue weighted by molar-refractivity contribution is 5.30. The molecule has 0 amide bonds. The maximum atomic E-state index is 5.99. The lowest BCUT2D eigenvalue weighted by Crippen LogP contribution is -2.24. The summed E-state index contributed by atoms with van der Waals surface area (Å²) < 4.78 is 8.07.